The minimum atomic E-state index is -0.307. The topological polar surface area (TPSA) is 155 Å². The Bertz CT molecular complexity index is 2690. The van der Waals surface area contributed by atoms with Gasteiger partial charge in [0.05, 0.1) is 25.1 Å². The number of carbonyl (C=O) groups excluding carboxylic acids is 1. The molecule has 10 nitrogen and oxygen atoms in total. The molecule has 5 unspecified atom stereocenters. The van der Waals surface area contributed by atoms with Crippen LogP contribution in [-0.2, 0) is 64.2 Å². The van der Waals surface area contributed by atoms with E-state index in [-0.39, 0.29) is 93.5 Å². The maximum atomic E-state index is 12.2. The Morgan fingerprint density at radius 3 is 1.66 bits per heavy atom. The Hall–Kier alpha value is -3.16. The molecule has 6 N–H and O–H groups in total. The second kappa shape index (κ2) is 30.8. The monoisotopic (exact) mass is 1070 g/mol. The van der Waals surface area contributed by atoms with Crippen molar-refractivity contribution >= 4 is 84.2 Å². The molecule has 8 aromatic heterocycles. The number of aliphatic hydroxyl groups is 1. The second-order valence-corrected chi connectivity index (χ2v) is 21.6. The maximum Gasteiger partial charge on any atom is 1.00 e. The third-order valence-electron chi connectivity index (χ3n) is 12.9. The van der Waals surface area contributed by atoms with Gasteiger partial charge >= 0.3 is 29.6 Å². The number of thiophene rings is 4. The first-order chi connectivity index (χ1) is 30.9. The third-order valence-corrected chi connectivity index (χ3v) is 17.2. The van der Waals surface area contributed by atoms with E-state index in [1.807, 2.05) is 52.7 Å². The first-order valence-corrected chi connectivity index (χ1v) is 26.0. The Morgan fingerprint density at radius 1 is 0.614 bits per heavy atom. The van der Waals surface area contributed by atoms with Crippen molar-refractivity contribution in [1.82, 2.24) is 39.9 Å². The number of aromatic amines is 5. The van der Waals surface area contributed by atoms with E-state index in [1.54, 1.807) is 68.7 Å². The molecule has 70 heavy (non-hydrogen) atoms. The number of imidazole rings is 4. The number of carbonyl (C=O) groups is 1. The molecule has 3 radical (unpaired) electrons. The number of nitrogens with one attached hydrogen (secondary N) is 5. The number of fused-ring (bicyclic) bond motifs is 4. The zero-order chi connectivity index (χ0) is 43.0. The number of aliphatic hydroxyl groups excluding tert-OH is 1. The van der Waals surface area contributed by atoms with E-state index in [0.29, 0.717) is 11.7 Å². The van der Waals surface area contributed by atoms with Crippen molar-refractivity contribution in [3.63, 3.8) is 0 Å². The smallest absolute Gasteiger partial charge is 1.00 e. The van der Waals surface area contributed by atoms with Crippen molar-refractivity contribution in [1.29, 1.82) is 0 Å². The van der Waals surface area contributed by atoms with E-state index in [9.17, 15) is 9.90 Å². The molecule has 12 rings (SSSR count). The first kappa shape index (κ1) is 63.0. The van der Waals surface area contributed by atoms with Crippen molar-refractivity contribution in [2.45, 2.75) is 126 Å². The number of aromatic nitrogens is 8. The van der Waals surface area contributed by atoms with E-state index < -0.39 is 0 Å². The quantitative estimate of drug-likeness (QED) is 0.0658. The number of nitrogens with zero attached hydrogens (tertiary/aromatic N) is 3. The molecule has 0 spiro atoms. The summed E-state index contributed by atoms with van der Waals surface area (Å²) in [7, 11) is 0. The van der Waals surface area contributed by atoms with E-state index in [1.165, 1.54) is 59.7 Å². The van der Waals surface area contributed by atoms with Crippen LogP contribution < -0.4 is 29.6 Å². The summed E-state index contributed by atoms with van der Waals surface area (Å²) in [6, 6.07) is 8.59. The number of aryl methyl sites for hydroxylation is 4. The average molecular weight is 1070 g/mol. The van der Waals surface area contributed by atoms with Gasteiger partial charge in [-0.2, -0.15) is 0 Å². The van der Waals surface area contributed by atoms with E-state index >= 15 is 0 Å². The van der Waals surface area contributed by atoms with Crippen LogP contribution in [0.1, 0.15) is 132 Å². The average Bonchev–Trinajstić information content (AvgIpc) is 4.15. The molecule has 0 saturated carbocycles. The fourth-order valence-corrected chi connectivity index (χ4v) is 13.5. The molecule has 4 aliphatic rings. The van der Waals surface area contributed by atoms with Crippen molar-refractivity contribution < 1.29 is 40.9 Å². The summed E-state index contributed by atoms with van der Waals surface area (Å²) in [5, 5.41) is 18.8. The normalized spacial score (nSPS) is 18.9. The number of rotatable bonds is 8. The van der Waals surface area contributed by atoms with Crippen LogP contribution in [0.5, 0.6) is 0 Å². The van der Waals surface area contributed by atoms with E-state index in [2.05, 4.69) is 74.2 Å². The van der Waals surface area contributed by atoms with Crippen LogP contribution >= 0.6 is 70.0 Å². The Kier molecular flexibility index (Phi) is 27.7. The van der Waals surface area contributed by atoms with Crippen LogP contribution in [0.15, 0.2) is 89.6 Å². The Morgan fingerprint density at radius 2 is 1.10 bits per heavy atom. The molecule has 0 aromatic carbocycles. The van der Waals surface area contributed by atoms with E-state index in [0.717, 1.165) is 90.5 Å². The molecule has 8 heterocycles. The van der Waals surface area contributed by atoms with Gasteiger partial charge in [0, 0.05) is 87.0 Å². The van der Waals surface area contributed by atoms with Gasteiger partial charge in [-0.1, -0.05) is 29.7 Å². The fourth-order valence-electron chi connectivity index (χ4n) is 9.59. The molecule has 0 bridgehead atoms. The van der Waals surface area contributed by atoms with Gasteiger partial charge in [-0.05, 0) is 182 Å². The molecule has 0 aliphatic heterocycles. The maximum absolute atomic E-state index is 12.2. The molecule has 0 saturated heterocycles. The number of hydrogen-bond donors (Lipinski definition) is 6. The van der Waals surface area contributed by atoms with Crippen molar-refractivity contribution in [3.05, 3.63) is 159 Å². The molecule has 8 aromatic rings. The zero-order valence-corrected chi connectivity index (χ0v) is 44.1. The summed E-state index contributed by atoms with van der Waals surface area (Å²) in [6.07, 6.45) is 28.2. The predicted molar refractivity (Wildman–Crippen MR) is 299 cm³/mol. The van der Waals surface area contributed by atoms with Gasteiger partial charge in [0.1, 0.15) is 0 Å². The Labute approximate surface area is 469 Å². The standard InChI is InChI=1S/C12H14N2OS.C12H12N2OS.C12H14N2S2.C12H14N2S.4CH4.B.ClH.Na.H/c2*15-12-8(5-9-6-13-7-14-9)1-2-11-10(12)3-4-16-11;15-12-13-7-10(14-12)6-8-1-2-11-9(5-8)3-4-16-11;1-2-12-10(3-4-15-12)5-9(1)6-11-7-13-8-14-11;;;;;;;;/h3-4,6-8,12,15H,1-2,5H2,(H,13,14);3-4,6-8H,1-2,5H2,(H,13,14);3-4,7-8H,1-2,5-6H2,(H2,13,14,15);3-4,7-9H,1-2,5-6H2,(H,13,14);4*1H4;;1H;;/q;;;;;;;;;;+1;-1. The summed E-state index contributed by atoms with van der Waals surface area (Å²) >= 11 is 12.3. The van der Waals surface area contributed by atoms with Gasteiger partial charge in [0.15, 0.2) is 10.6 Å². The minimum absolute atomic E-state index is 0. The predicted octanol–water partition coefficient (Wildman–Crippen LogP) is 10.8. The molecule has 0 amide bonds. The minimum Gasteiger partial charge on any atom is -1.00 e. The summed E-state index contributed by atoms with van der Waals surface area (Å²) in [5.74, 6) is 2.32. The van der Waals surface area contributed by atoms with Crippen molar-refractivity contribution in [3.8, 4) is 0 Å². The largest absolute Gasteiger partial charge is 1.00 e. The van der Waals surface area contributed by atoms with Gasteiger partial charge in [-0.25, -0.2) is 15.0 Å². The van der Waals surface area contributed by atoms with Crippen LogP contribution in [0, 0.1) is 28.4 Å². The number of halogens is 1. The van der Waals surface area contributed by atoms with Crippen LogP contribution in [0.25, 0.3) is 0 Å². The molecular weight excluding hydrogens is 998 g/mol. The summed E-state index contributed by atoms with van der Waals surface area (Å²) in [5.41, 5.74) is 9.92. The van der Waals surface area contributed by atoms with Gasteiger partial charge in [-0.3, -0.25) is 4.79 Å². The molecule has 5 atom stereocenters. The number of Topliss-reactive ketones (excluding diaryl/α,β-unsaturated/α-hetero) is 1. The number of H-pyrrole nitrogens is 5. The summed E-state index contributed by atoms with van der Waals surface area (Å²) in [6.45, 7) is 0. The van der Waals surface area contributed by atoms with Crippen LogP contribution in [-0.4, -0.2) is 59.2 Å². The van der Waals surface area contributed by atoms with Gasteiger partial charge in [0.25, 0.3) is 0 Å². The SMILES string of the molecule is C.C.C.C.Cl.O=C1c2ccsc2CCC1Cc1cnc[nH]1.OC1c2ccsc2CCC1Cc1cnc[nH]1.S=c1[nH]cc(CC2CCc3sccc3C2)[nH]1.[B].[H-].[Na+].c1ncc(CC2CCc3sccc3C2)[nH]1. The number of hydrogen-bond acceptors (Lipinski definition) is 10. The number of ketones is 1. The molecule has 18 heteroatoms. The fraction of sp³-hybridized carbons (Fsp3) is 0.442. The van der Waals surface area contributed by atoms with Gasteiger partial charge in [-0.15, -0.1) is 57.8 Å². The van der Waals surface area contributed by atoms with Crippen LogP contribution in [0.3, 0.4) is 0 Å². The second-order valence-electron chi connectivity index (χ2n) is 17.2. The Balaban J connectivity index is 0.000000456. The van der Waals surface area contributed by atoms with Gasteiger partial charge in [0.2, 0.25) is 0 Å². The van der Waals surface area contributed by atoms with Crippen molar-refractivity contribution in [2.75, 3.05) is 0 Å². The zero-order valence-electron chi connectivity index (χ0n) is 38.2. The van der Waals surface area contributed by atoms with E-state index in [4.69, 9.17) is 12.2 Å². The van der Waals surface area contributed by atoms with Crippen molar-refractivity contribution in [2.24, 2.45) is 23.7 Å². The third kappa shape index (κ3) is 16.4. The molecule has 0 fully saturated rings. The summed E-state index contributed by atoms with van der Waals surface area (Å²) < 4.78 is 0.738. The molecular formula is C52H72BClN8NaO2S5. The molecule has 373 valence electrons. The van der Waals surface area contributed by atoms with Crippen LogP contribution in [0.4, 0.5) is 0 Å². The first-order valence-electron chi connectivity index (χ1n) is 22.1. The molecule has 4 aliphatic carbocycles. The van der Waals surface area contributed by atoms with Crippen LogP contribution in [0.2, 0.25) is 0 Å². The van der Waals surface area contributed by atoms with Gasteiger partial charge < -0.3 is 31.5 Å². The summed E-state index contributed by atoms with van der Waals surface area (Å²) in [4.78, 5) is 45.6.